The number of ether oxygens (including phenoxy) is 27. The summed E-state index contributed by atoms with van der Waals surface area (Å²) in [5, 5.41) is 47.2. The number of nitrogens with zero attached hydrogens (tertiary/aromatic N) is 6. The molecule has 0 aliphatic carbocycles. The van der Waals surface area contributed by atoms with Crippen LogP contribution in [0.25, 0.3) is 0 Å². The molecule has 9 N–H and O–H groups in total. The zero-order valence-electron chi connectivity index (χ0n) is 76.0. The van der Waals surface area contributed by atoms with Gasteiger partial charge in [-0.05, 0) is 38.5 Å². The van der Waals surface area contributed by atoms with Crippen LogP contribution in [-0.4, -0.2) is 412 Å². The number of carbonyl (C=O) groups excluding carboxylic acids is 3. The van der Waals surface area contributed by atoms with Crippen molar-refractivity contribution in [2.75, 3.05) is 182 Å². The molecule has 48 nitrogen and oxygen atoms in total. The van der Waals surface area contributed by atoms with Gasteiger partial charge < -0.3 is 175 Å². The topological polar surface area (TPSA) is 538 Å². The van der Waals surface area contributed by atoms with Crippen molar-refractivity contribution in [2.45, 2.75) is 261 Å². The molecular weight excluding hydrogens is 1770 g/mol. The van der Waals surface area contributed by atoms with E-state index in [0.717, 1.165) is 0 Å². The Kier molecular flexibility index (Phi) is 44.5. The molecule has 22 saturated heterocycles. The SMILES string of the molecule is COC[C@@H]1O[C@H]2O[C@@H]3[C@H](OC)[C@H](OC)[C@H](O[C@@H]4[C@H](OC)[C@H](OC)[C@H](O[C@@H]5[C@H](OC)[C@@H](OC)[C@H](O[C@H]6[C@H](OC)[C@H](OC)[C@H](O[C@H]7[C@H](OC)[C@H](OC)[C@H](O[C@H]1[C@@H](OC)[C@@H]2OC)O[C@@H]7CNC(=O)CCCCCNc1ccn(O)c(=O)n1)O[C@@H]6COC)O[C@H]5CNC(=O)CCCCCNc1ccn(O)c(=O)n1)O[C@@H]4COC)O[C@@H]3CNC(=O)CCCCCNc1ccn(O)c(=O)n1.[Fe]. The first kappa shape index (κ1) is 107. The molecule has 0 saturated carbocycles. The minimum Gasteiger partial charge on any atom is -0.424 e. The van der Waals surface area contributed by atoms with Crippen LogP contribution in [0, 0.1) is 0 Å². The Morgan fingerprint density at radius 1 is 0.300 bits per heavy atom. The smallest absolute Gasteiger partial charge is 0.382 e. The molecule has 3 aromatic rings. The first-order valence-electron chi connectivity index (χ1n) is 43.1. The van der Waals surface area contributed by atoms with E-state index in [0.29, 0.717) is 91.6 Å². The molecule has 12 bridgehead atoms. The van der Waals surface area contributed by atoms with E-state index < -0.39 is 201 Å². The van der Waals surface area contributed by atoms with Gasteiger partial charge in [-0.25, -0.2) is 14.4 Å². The average molecular weight is 1910 g/mol. The second kappa shape index (κ2) is 54.1. The summed E-state index contributed by atoms with van der Waals surface area (Å²) in [5.41, 5.74) is -2.53. The van der Waals surface area contributed by atoms with Gasteiger partial charge in [-0.2, -0.15) is 15.0 Å². The van der Waals surface area contributed by atoms with Gasteiger partial charge in [0.05, 0.1) is 38.4 Å². The molecule has 30 atom stereocenters. The van der Waals surface area contributed by atoms with Crippen LogP contribution in [0.2, 0.25) is 0 Å². The third-order valence-electron chi connectivity index (χ3n) is 23.6. The maximum absolute atomic E-state index is 14.2. The van der Waals surface area contributed by atoms with Crippen molar-refractivity contribution in [1.29, 1.82) is 0 Å². The fourth-order valence-corrected chi connectivity index (χ4v) is 17.1. The molecule has 0 spiro atoms. The van der Waals surface area contributed by atoms with Crippen molar-refractivity contribution in [2.24, 2.45) is 0 Å². The van der Waals surface area contributed by atoms with Crippen molar-refractivity contribution < 1.29 is 175 Å². The van der Waals surface area contributed by atoms with E-state index >= 15 is 0 Å². The van der Waals surface area contributed by atoms with E-state index in [4.69, 9.17) is 128 Å². The molecular formula is C81H132FeN12O36. The Labute approximate surface area is 763 Å². The largest absolute Gasteiger partial charge is 0.424 e. The van der Waals surface area contributed by atoms with Crippen LogP contribution >= 0.6 is 0 Å². The number of carbonyl (C=O) groups is 3. The molecule has 25 heterocycles. The Balaban J connectivity index is 0.0000190. The van der Waals surface area contributed by atoms with Crippen molar-refractivity contribution in [1.82, 2.24) is 45.1 Å². The molecule has 3 aromatic heterocycles. The van der Waals surface area contributed by atoms with Gasteiger partial charge in [0.1, 0.15) is 164 Å². The third-order valence-corrected chi connectivity index (χ3v) is 23.6. The molecule has 22 aliphatic heterocycles. The number of anilines is 3. The Morgan fingerprint density at radius 3 is 0.692 bits per heavy atom. The van der Waals surface area contributed by atoms with Crippen LogP contribution in [0.1, 0.15) is 77.0 Å². The van der Waals surface area contributed by atoms with Crippen LogP contribution in [0.15, 0.2) is 51.2 Å². The van der Waals surface area contributed by atoms with Crippen LogP contribution in [0.5, 0.6) is 0 Å². The first-order chi connectivity index (χ1) is 62.5. The van der Waals surface area contributed by atoms with Gasteiger partial charge in [0.15, 0.2) is 37.7 Å². The van der Waals surface area contributed by atoms with Crippen molar-refractivity contribution >= 4 is 35.2 Å². The minimum atomic E-state index is -1.43. The summed E-state index contributed by atoms with van der Waals surface area (Å²) in [6.45, 7) is 0.0241. The number of amides is 3. The molecule has 25 rings (SSSR count). The van der Waals surface area contributed by atoms with E-state index in [1.807, 2.05) is 0 Å². The fraction of sp³-hybridized carbons (Fsp3) is 0.815. The molecule has 49 heteroatoms. The Morgan fingerprint density at radius 2 is 0.500 bits per heavy atom. The van der Waals surface area contributed by atoms with Crippen LogP contribution < -0.4 is 49.0 Å². The molecule has 3 amide bonds. The summed E-state index contributed by atoms with van der Waals surface area (Å²) >= 11 is 0. The van der Waals surface area contributed by atoms with Gasteiger partial charge in [-0.3, -0.25) is 14.4 Å². The molecule has 0 aromatic carbocycles. The predicted molar refractivity (Wildman–Crippen MR) is 443 cm³/mol. The summed E-state index contributed by atoms with van der Waals surface area (Å²) in [6.07, 6.45) is -28.1. The van der Waals surface area contributed by atoms with Crippen molar-refractivity contribution in [3.05, 3.63) is 68.2 Å². The maximum atomic E-state index is 14.2. The molecule has 0 radical (unpaired) electrons. The maximum Gasteiger partial charge on any atom is 0.382 e. The van der Waals surface area contributed by atoms with E-state index in [-0.39, 0.29) is 111 Å². The summed E-state index contributed by atoms with van der Waals surface area (Å²) in [5.74, 6) is -0.246. The van der Waals surface area contributed by atoms with Gasteiger partial charge >= 0.3 is 17.1 Å². The van der Waals surface area contributed by atoms with Gasteiger partial charge in [-0.1, -0.05) is 19.3 Å². The van der Waals surface area contributed by atoms with Crippen molar-refractivity contribution in [3.8, 4) is 0 Å². The number of nitrogens with one attached hydrogen (secondary N) is 6. The Hall–Kier alpha value is -6.71. The number of methoxy groups -OCH3 is 15. The van der Waals surface area contributed by atoms with E-state index in [1.165, 1.54) is 143 Å². The predicted octanol–water partition coefficient (Wildman–Crippen LogP) is -1.47. The number of hydrogen-bond donors (Lipinski definition) is 9. The standard InChI is InChI=1S/C81H132N12O36.Fe/c1-103-40-46-58-64(109-7)70(115-13)76(121-46)124-55-43(37-85-52(94)25-19-16-22-31-82-49-28-34-91(100)79(97)88-49)119-74(68(113-11)61(55)106-4)128-59-47(41-104-2)123-78(72(117-15)65(59)110-8)126-57-45(39-87-54(96)27-21-18-24-33-84-51-30-36-93(102)81(99)90-51)120-75(69(114-12)63(57)108-6)129-60-48(42-105-3)122-77(71(116-14)66(60)111-9)125-56-44(118-73(127-58)67(112-10)62(56)107-5)38-86-53(95)26-20-17-23-32-83-50-29-35-92(101)80(98)89-50;/h28-30,34-36,43-48,55-78,100-102H,16-27,31-33,37-42H2,1-15H3,(H,85,94)(H,86,95)(H,87,96)(H,82,88,97)(H,83,89,98)(H,84,90,99);/t43-,44-,45+,46+,47-,48-,55+,56-,57+,58-,59+,60-,61+,62+,63+,64-,65+,66+,67+,68+,69-,70+,71+,72+,73+,74+,75+,76+,77+,78+;/m1./s1. The number of rotatable bonds is 45. The minimum absolute atomic E-state index is 0. The quantitative estimate of drug-likeness (QED) is 0.0177. The molecule has 740 valence electrons. The number of hydrogen-bond acceptors (Lipinski definition) is 42. The Bertz CT molecular complexity index is 3640. The molecule has 22 fully saturated rings. The zero-order chi connectivity index (χ0) is 92.8. The van der Waals surface area contributed by atoms with Crippen molar-refractivity contribution in [3.63, 3.8) is 0 Å². The van der Waals surface area contributed by atoms with Gasteiger partial charge in [-0.15, -0.1) is 14.2 Å². The van der Waals surface area contributed by atoms with E-state index in [1.54, 1.807) is 0 Å². The van der Waals surface area contributed by atoms with Crippen LogP contribution in [0.3, 0.4) is 0 Å². The second-order valence-electron chi connectivity index (χ2n) is 31.6. The zero-order valence-corrected chi connectivity index (χ0v) is 77.1. The fourth-order valence-electron chi connectivity index (χ4n) is 17.1. The van der Waals surface area contributed by atoms with E-state index in [9.17, 15) is 44.4 Å². The second-order valence-corrected chi connectivity index (χ2v) is 31.6. The summed E-state index contributed by atoms with van der Waals surface area (Å²) < 4.78 is 181. The summed E-state index contributed by atoms with van der Waals surface area (Å²) in [7, 11) is 21.6. The average Bonchev–Trinajstić information content (AvgIpc) is 0.758. The van der Waals surface area contributed by atoms with Gasteiger partial charge in [0.2, 0.25) is 17.7 Å². The number of unbranched alkanes of at least 4 members (excludes halogenated alkanes) is 6. The normalized spacial score (nSPS) is 33.5. The van der Waals surface area contributed by atoms with Gasteiger partial charge in [0.25, 0.3) is 0 Å². The molecule has 0 unspecified atom stereocenters. The van der Waals surface area contributed by atoms with Crippen LogP contribution in [-0.2, 0) is 159 Å². The molecule has 22 aliphatic rings. The van der Waals surface area contributed by atoms with Crippen LogP contribution in [0.4, 0.5) is 17.5 Å². The first-order valence-corrected chi connectivity index (χ1v) is 43.1. The summed E-state index contributed by atoms with van der Waals surface area (Å²) in [6, 6.07) is 4.36. The summed E-state index contributed by atoms with van der Waals surface area (Å²) in [4.78, 5) is 89.9. The molecule has 130 heavy (non-hydrogen) atoms. The van der Waals surface area contributed by atoms with E-state index in [2.05, 4.69) is 46.9 Å². The monoisotopic (exact) mass is 1900 g/mol. The van der Waals surface area contributed by atoms with Gasteiger partial charge in [0, 0.05) is 200 Å². The third kappa shape index (κ3) is 27.8. The number of aromatic nitrogens is 6.